The molecule has 0 aliphatic heterocycles. The zero-order chi connectivity index (χ0) is 13.3. The molecule has 1 N–H and O–H groups in total. The lowest BCUT2D eigenvalue weighted by molar-refractivity contribution is -0.145. The van der Waals surface area contributed by atoms with Gasteiger partial charge in [0.05, 0.1) is 19.6 Å². The Hall–Kier alpha value is -0.290. The molecule has 0 heterocycles. The summed E-state index contributed by atoms with van der Waals surface area (Å²) in [5.74, 6) is 0.683. The van der Waals surface area contributed by atoms with E-state index in [1.165, 1.54) is 0 Å². The summed E-state index contributed by atoms with van der Waals surface area (Å²) in [4.78, 5) is 0. The lowest BCUT2D eigenvalue weighted by Gasteiger charge is -2.15. The predicted molar refractivity (Wildman–Crippen MR) is 63.0 cm³/mol. The molecular weight excluding hydrogens is 231 g/mol. The van der Waals surface area contributed by atoms with Gasteiger partial charge >= 0.3 is 6.18 Å². The third kappa shape index (κ3) is 13.6. The lowest BCUT2D eigenvalue weighted by Crippen LogP contribution is -2.30. The van der Waals surface area contributed by atoms with Gasteiger partial charge in [-0.05, 0) is 25.7 Å². The van der Waals surface area contributed by atoms with Crippen LogP contribution in [0.3, 0.4) is 0 Å². The van der Waals surface area contributed by atoms with Crippen LogP contribution in [-0.2, 0) is 4.74 Å². The summed E-state index contributed by atoms with van der Waals surface area (Å²) in [6, 6.07) is 0.392. The van der Waals surface area contributed by atoms with E-state index in [0.29, 0.717) is 25.1 Å². The minimum atomic E-state index is -4.11. The van der Waals surface area contributed by atoms with Crippen LogP contribution in [0.4, 0.5) is 13.2 Å². The molecule has 0 aromatic rings. The van der Waals surface area contributed by atoms with Crippen LogP contribution in [0.25, 0.3) is 0 Å². The molecule has 0 aromatic carbocycles. The summed E-state index contributed by atoms with van der Waals surface area (Å²) in [5, 5.41) is 3.23. The first-order valence-electron chi connectivity index (χ1n) is 6.19. The van der Waals surface area contributed by atoms with Gasteiger partial charge in [-0.25, -0.2) is 0 Å². The molecule has 0 spiro atoms. The zero-order valence-electron chi connectivity index (χ0n) is 10.9. The molecule has 0 saturated carbocycles. The Labute approximate surface area is 102 Å². The number of hydrogen-bond acceptors (Lipinski definition) is 2. The molecule has 0 aliphatic carbocycles. The van der Waals surface area contributed by atoms with Crippen molar-refractivity contribution in [3.8, 4) is 0 Å². The number of halogens is 3. The number of alkyl halides is 3. The van der Waals surface area contributed by atoms with Gasteiger partial charge in [-0.1, -0.05) is 13.8 Å². The van der Waals surface area contributed by atoms with E-state index in [2.05, 4.69) is 26.1 Å². The Balaban J connectivity index is 3.28. The van der Waals surface area contributed by atoms with Crippen molar-refractivity contribution in [2.24, 2.45) is 5.92 Å². The van der Waals surface area contributed by atoms with Crippen LogP contribution in [0.2, 0.25) is 0 Å². The summed E-state index contributed by atoms with van der Waals surface area (Å²) < 4.78 is 40.2. The molecule has 1 atom stereocenters. The maximum atomic E-state index is 11.8. The van der Waals surface area contributed by atoms with Gasteiger partial charge < -0.3 is 10.1 Å². The van der Waals surface area contributed by atoms with Crippen LogP contribution < -0.4 is 5.32 Å². The summed E-state index contributed by atoms with van der Waals surface area (Å²) in [6.07, 6.45) is -2.74. The van der Waals surface area contributed by atoms with E-state index >= 15 is 0 Å². The molecule has 0 radical (unpaired) electrons. The van der Waals surface area contributed by atoms with Crippen LogP contribution in [0, 0.1) is 5.92 Å². The molecule has 0 rings (SSSR count). The van der Waals surface area contributed by atoms with Crippen molar-refractivity contribution in [1.82, 2.24) is 5.32 Å². The van der Waals surface area contributed by atoms with E-state index in [4.69, 9.17) is 4.74 Å². The Morgan fingerprint density at radius 1 is 1.06 bits per heavy atom. The second-order valence-corrected chi connectivity index (χ2v) is 4.80. The van der Waals surface area contributed by atoms with Gasteiger partial charge in [0.1, 0.15) is 0 Å². The number of hydrogen-bond donors (Lipinski definition) is 1. The van der Waals surface area contributed by atoms with Crippen molar-refractivity contribution < 1.29 is 17.9 Å². The Bertz CT molecular complexity index is 183. The zero-order valence-corrected chi connectivity index (χ0v) is 10.9. The van der Waals surface area contributed by atoms with E-state index in [-0.39, 0.29) is 6.61 Å². The topological polar surface area (TPSA) is 21.3 Å². The van der Waals surface area contributed by atoms with Crippen LogP contribution in [0.15, 0.2) is 0 Å². The third-order valence-electron chi connectivity index (χ3n) is 2.45. The first kappa shape index (κ1) is 16.7. The van der Waals surface area contributed by atoms with Crippen molar-refractivity contribution in [2.45, 2.75) is 52.3 Å². The van der Waals surface area contributed by atoms with Crippen molar-refractivity contribution in [2.75, 3.05) is 19.8 Å². The van der Waals surface area contributed by atoms with Crippen molar-refractivity contribution in [1.29, 1.82) is 0 Å². The van der Waals surface area contributed by atoms with Crippen molar-refractivity contribution in [3.05, 3.63) is 0 Å². The average Bonchev–Trinajstić information content (AvgIpc) is 2.18. The van der Waals surface area contributed by atoms with E-state index in [1.54, 1.807) is 0 Å². The fourth-order valence-electron chi connectivity index (χ4n) is 1.35. The summed E-state index contributed by atoms with van der Waals surface area (Å²) >= 11 is 0. The second-order valence-electron chi connectivity index (χ2n) is 4.80. The first-order valence-corrected chi connectivity index (χ1v) is 6.19. The van der Waals surface area contributed by atoms with Gasteiger partial charge in [0.15, 0.2) is 0 Å². The highest BCUT2D eigenvalue weighted by molar-refractivity contribution is 4.61. The molecule has 17 heavy (non-hydrogen) atoms. The highest BCUT2D eigenvalue weighted by Crippen LogP contribution is 2.18. The normalized spacial score (nSPS) is 14.3. The molecule has 2 nitrogen and oxygen atoms in total. The number of nitrogens with one attached hydrogen (secondary N) is 1. The van der Waals surface area contributed by atoms with Gasteiger partial charge in [0.25, 0.3) is 0 Å². The molecule has 0 bridgehead atoms. The van der Waals surface area contributed by atoms with E-state index in [9.17, 15) is 13.2 Å². The molecule has 0 saturated heterocycles. The van der Waals surface area contributed by atoms with E-state index in [0.717, 1.165) is 12.8 Å². The number of ether oxygens (including phenoxy) is 1. The highest BCUT2D eigenvalue weighted by atomic mass is 19.4. The molecule has 0 fully saturated rings. The van der Waals surface area contributed by atoms with Gasteiger partial charge in [-0.15, -0.1) is 0 Å². The summed E-state index contributed by atoms with van der Waals surface area (Å²) in [5.41, 5.74) is 0. The van der Waals surface area contributed by atoms with Crippen LogP contribution in [0.1, 0.15) is 40.0 Å². The lowest BCUT2D eigenvalue weighted by atomic mass is 10.0. The summed E-state index contributed by atoms with van der Waals surface area (Å²) in [7, 11) is 0. The fourth-order valence-corrected chi connectivity index (χ4v) is 1.35. The molecule has 0 aliphatic rings. The van der Waals surface area contributed by atoms with Crippen LogP contribution in [0.5, 0.6) is 0 Å². The molecule has 104 valence electrons. The smallest absolute Gasteiger partial charge is 0.380 e. The van der Waals surface area contributed by atoms with Gasteiger partial charge in [-0.3, -0.25) is 0 Å². The van der Waals surface area contributed by atoms with Gasteiger partial charge in [-0.2, -0.15) is 13.2 Å². The van der Waals surface area contributed by atoms with E-state index < -0.39 is 12.6 Å². The Morgan fingerprint density at radius 3 is 2.24 bits per heavy atom. The average molecular weight is 255 g/mol. The standard InChI is InChI=1S/C12H24F3NO/c1-10(2)4-5-11(3)16-7-9-17-8-6-12(13,14)15/h10-11,16H,4-9H2,1-3H3. The van der Waals surface area contributed by atoms with Crippen LogP contribution >= 0.6 is 0 Å². The van der Waals surface area contributed by atoms with Crippen LogP contribution in [-0.4, -0.2) is 32.0 Å². The molecule has 5 heteroatoms. The highest BCUT2D eigenvalue weighted by Gasteiger charge is 2.26. The maximum Gasteiger partial charge on any atom is 0.391 e. The monoisotopic (exact) mass is 255 g/mol. The number of rotatable bonds is 9. The van der Waals surface area contributed by atoms with Crippen molar-refractivity contribution in [3.63, 3.8) is 0 Å². The Kier molecular flexibility index (Phi) is 8.60. The maximum absolute atomic E-state index is 11.8. The summed E-state index contributed by atoms with van der Waals surface area (Å²) in [6.45, 7) is 7.13. The molecule has 0 aromatic heterocycles. The Morgan fingerprint density at radius 2 is 1.71 bits per heavy atom. The second kappa shape index (κ2) is 8.75. The quantitative estimate of drug-likeness (QED) is 0.638. The fraction of sp³-hybridized carbons (Fsp3) is 1.00. The third-order valence-corrected chi connectivity index (χ3v) is 2.45. The largest absolute Gasteiger partial charge is 0.391 e. The minimum Gasteiger partial charge on any atom is -0.380 e. The van der Waals surface area contributed by atoms with Gasteiger partial charge in [0.2, 0.25) is 0 Å². The van der Waals surface area contributed by atoms with E-state index in [1.807, 2.05) is 0 Å². The first-order chi connectivity index (χ1) is 7.81. The minimum absolute atomic E-state index is 0.244. The predicted octanol–water partition coefficient (Wildman–Crippen LogP) is 3.37. The van der Waals surface area contributed by atoms with Gasteiger partial charge in [0, 0.05) is 12.6 Å². The van der Waals surface area contributed by atoms with Crippen molar-refractivity contribution >= 4 is 0 Å². The molecular formula is C12H24F3NO. The molecule has 1 unspecified atom stereocenters. The SMILES string of the molecule is CC(C)CCC(C)NCCOCCC(F)(F)F. The molecule has 0 amide bonds.